The number of benzene rings is 1. The zero-order valence-electron chi connectivity index (χ0n) is 12.0. The Labute approximate surface area is 123 Å². The number of anilines is 1. The number of nitrogens with zero attached hydrogens (tertiary/aromatic N) is 2. The number of carbonyl (C=O) groups is 1. The Bertz CT molecular complexity index is 655. The summed E-state index contributed by atoms with van der Waals surface area (Å²) in [5.41, 5.74) is 0.918. The number of methoxy groups -OCH3 is 1. The van der Waals surface area contributed by atoms with E-state index in [0.717, 1.165) is 0 Å². The summed E-state index contributed by atoms with van der Waals surface area (Å²) in [6, 6.07) is 8.83. The van der Waals surface area contributed by atoms with Crippen LogP contribution in [0.4, 0.5) is 5.82 Å². The monoisotopic (exact) mass is 286 g/mol. The van der Waals surface area contributed by atoms with Crippen molar-refractivity contribution in [3.63, 3.8) is 0 Å². The van der Waals surface area contributed by atoms with Gasteiger partial charge in [0.1, 0.15) is 5.82 Å². The SMILES string of the molecule is C=CCN(CCOC)c1cc(C(=O)O)c2ccccc2n1. The number of carboxylic acid groups (broad SMARTS) is 1. The third kappa shape index (κ3) is 3.38. The minimum Gasteiger partial charge on any atom is -0.478 e. The van der Waals surface area contributed by atoms with Gasteiger partial charge in [0.05, 0.1) is 17.7 Å². The van der Waals surface area contributed by atoms with Crippen molar-refractivity contribution < 1.29 is 14.6 Å². The average Bonchev–Trinajstić information content (AvgIpc) is 2.50. The fourth-order valence-electron chi connectivity index (χ4n) is 2.16. The Morgan fingerprint density at radius 1 is 1.48 bits per heavy atom. The summed E-state index contributed by atoms with van der Waals surface area (Å²) in [6.07, 6.45) is 1.76. The largest absolute Gasteiger partial charge is 0.478 e. The van der Waals surface area contributed by atoms with Crippen LogP contribution in [-0.4, -0.2) is 42.9 Å². The van der Waals surface area contributed by atoms with Crippen LogP contribution in [0.25, 0.3) is 10.9 Å². The van der Waals surface area contributed by atoms with E-state index in [1.807, 2.05) is 23.1 Å². The lowest BCUT2D eigenvalue weighted by Crippen LogP contribution is -2.28. The molecule has 1 aromatic carbocycles. The third-order valence-corrected chi connectivity index (χ3v) is 3.17. The van der Waals surface area contributed by atoms with E-state index in [1.165, 1.54) is 0 Å². The van der Waals surface area contributed by atoms with Crippen molar-refractivity contribution in [1.29, 1.82) is 0 Å². The number of aromatic nitrogens is 1. The number of rotatable bonds is 7. The molecule has 0 saturated carbocycles. The van der Waals surface area contributed by atoms with Crippen LogP contribution in [0.2, 0.25) is 0 Å². The van der Waals surface area contributed by atoms with Gasteiger partial charge in [-0.05, 0) is 12.1 Å². The molecule has 0 saturated heterocycles. The summed E-state index contributed by atoms with van der Waals surface area (Å²) < 4.78 is 5.09. The zero-order valence-corrected chi connectivity index (χ0v) is 12.0. The maximum absolute atomic E-state index is 11.5. The Hall–Kier alpha value is -2.40. The summed E-state index contributed by atoms with van der Waals surface area (Å²) in [4.78, 5) is 18.0. The zero-order chi connectivity index (χ0) is 15.2. The molecule has 1 N–H and O–H groups in total. The van der Waals surface area contributed by atoms with Crippen LogP contribution in [0.3, 0.4) is 0 Å². The summed E-state index contributed by atoms with van der Waals surface area (Å²) in [6.45, 7) is 5.45. The standard InChI is InChI=1S/C16H18N2O3/c1-3-8-18(9-10-21-2)15-11-13(16(19)20)12-6-4-5-7-14(12)17-15/h3-7,11H,1,8-10H2,2H3,(H,19,20). The average molecular weight is 286 g/mol. The normalized spacial score (nSPS) is 10.5. The predicted octanol–water partition coefficient (Wildman–Crippen LogP) is 2.57. The number of hydrogen-bond donors (Lipinski definition) is 1. The molecule has 5 heteroatoms. The van der Waals surface area contributed by atoms with Crippen molar-refractivity contribution in [3.05, 3.63) is 48.6 Å². The van der Waals surface area contributed by atoms with Gasteiger partial charge in [-0.25, -0.2) is 9.78 Å². The molecule has 0 spiro atoms. The van der Waals surface area contributed by atoms with Gasteiger partial charge in [-0.15, -0.1) is 6.58 Å². The second kappa shape index (κ2) is 6.85. The van der Waals surface area contributed by atoms with Gasteiger partial charge in [-0.1, -0.05) is 24.3 Å². The highest BCUT2D eigenvalue weighted by molar-refractivity contribution is 6.03. The first kappa shape index (κ1) is 15.0. The van der Waals surface area contributed by atoms with E-state index < -0.39 is 5.97 Å². The highest BCUT2D eigenvalue weighted by atomic mass is 16.5. The van der Waals surface area contributed by atoms with Crippen LogP contribution in [0.5, 0.6) is 0 Å². The molecule has 21 heavy (non-hydrogen) atoms. The molecular weight excluding hydrogens is 268 g/mol. The molecule has 0 aliphatic carbocycles. The first-order valence-electron chi connectivity index (χ1n) is 6.65. The van der Waals surface area contributed by atoms with E-state index in [4.69, 9.17) is 4.74 Å². The van der Waals surface area contributed by atoms with Gasteiger partial charge in [0.25, 0.3) is 0 Å². The molecule has 5 nitrogen and oxygen atoms in total. The maximum Gasteiger partial charge on any atom is 0.336 e. The number of carboxylic acids is 1. The number of ether oxygens (including phenoxy) is 1. The van der Waals surface area contributed by atoms with Crippen molar-refractivity contribution in [2.75, 3.05) is 31.7 Å². The molecule has 0 fully saturated rings. The predicted molar refractivity (Wildman–Crippen MR) is 83.0 cm³/mol. The molecule has 0 aliphatic rings. The lowest BCUT2D eigenvalue weighted by molar-refractivity contribution is 0.0699. The molecule has 1 aromatic heterocycles. The topological polar surface area (TPSA) is 62.7 Å². The van der Waals surface area contributed by atoms with Gasteiger partial charge < -0.3 is 14.7 Å². The molecular formula is C16H18N2O3. The van der Waals surface area contributed by atoms with E-state index in [2.05, 4.69) is 11.6 Å². The van der Waals surface area contributed by atoms with Crippen LogP contribution in [0, 0.1) is 0 Å². The smallest absolute Gasteiger partial charge is 0.336 e. The fourth-order valence-corrected chi connectivity index (χ4v) is 2.16. The van der Waals surface area contributed by atoms with E-state index >= 15 is 0 Å². The highest BCUT2D eigenvalue weighted by Crippen LogP contribution is 2.23. The Kier molecular flexibility index (Phi) is 4.90. The Balaban J connectivity index is 2.51. The number of fused-ring (bicyclic) bond motifs is 1. The minimum atomic E-state index is -0.958. The quantitative estimate of drug-likeness (QED) is 0.793. The van der Waals surface area contributed by atoms with Crippen molar-refractivity contribution in [2.45, 2.75) is 0 Å². The van der Waals surface area contributed by atoms with E-state index in [-0.39, 0.29) is 5.56 Å². The van der Waals surface area contributed by atoms with Gasteiger partial charge >= 0.3 is 5.97 Å². The van der Waals surface area contributed by atoms with Crippen LogP contribution >= 0.6 is 0 Å². The number of aromatic carboxylic acids is 1. The summed E-state index contributed by atoms with van der Waals surface area (Å²) in [7, 11) is 1.63. The maximum atomic E-state index is 11.5. The molecule has 1 heterocycles. The van der Waals surface area contributed by atoms with Crippen molar-refractivity contribution in [3.8, 4) is 0 Å². The van der Waals surface area contributed by atoms with Gasteiger partial charge in [0.15, 0.2) is 0 Å². The molecule has 0 unspecified atom stereocenters. The minimum absolute atomic E-state index is 0.252. The number of pyridine rings is 1. The number of para-hydroxylation sites is 1. The number of hydrogen-bond acceptors (Lipinski definition) is 4. The first-order chi connectivity index (χ1) is 10.2. The molecule has 2 aromatic rings. The van der Waals surface area contributed by atoms with Crippen LogP contribution in [-0.2, 0) is 4.74 Å². The molecule has 110 valence electrons. The van der Waals surface area contributed by atoms with Gasteiger partial charge in [-0.2, -0.15) is 0 Å². The lowest BCUT2D eigenvalue weighted by Gasteiger charge is -2.22. The van der Waals surface area contributed by atoms with E-state index in [1.54, 1.807) is 25.3 Å². The first-order valence-corrected chi connectivity index (χ1v) is 6.65. The summed E-state index contributed by atoms with van der Waals surface area (Å²) in [5.74, 6) is -0.344. The van der Waals surface area contributed by atoms with Crippen molar-refractivity contribution in [2.24, 2.45) is 0 Å². The lowest BCUT2D eigenvalue weighted by atomic mass is 10.1. The van der Waals surface area contributed by atoms with Crippen LogP contribution in [0.1, 0.15) is 10.4 Å². The molecule has 0 radical (unpaired) electrons. The Morgan fingerprint density at radius 3 is 2.90 bits per heavy atom. The second-order valence-electron chi connectivity index (χ2n) is 4.58. The molecule has 2 rings (SSSR count). The van der Waals surface area contributed by atoms with Crippen molar-refractivity contribution >= 4 is 22.7 Å². The van der Waals surface area contributed by atoms with E-state index in [0.29, 0.717) is 36.4 Å². The summed E-state index contributed by atoms with van der Waals surface area (Å²) in [5, 5.41) is 10.0. The summed E-state index contributed by atoms with van der Waals surface area (Å²) >= 11 is 0. The molecule has 0 amide bonds. The van der Waals surface area contributed by atoms with Gasteiger partial charge in [-0.3, -0.25) is 0 Å². The molecule has 0 aliphatic heterocycles. The Morgan fingerprint density at radius 2 is 2.24 bits per heavy atom. The second-order valence-corrected chi connectivity index (χ2v) is 4.58. The van der Waals surface area contributed by atoms with Crippen LogP contribution < -0.4 is 4.90 Å². The van der Waals surface area contributed by atoms with Crippen LogP contribution in [0.15, 0.2) is 43.0 Å². The molecule has 0 atom stereocenters. The van der Waals surface area contributed by atoms with Gasteiger partial charge in [0, 0.05) is 25.6 Å². The van der Waals surface area contributed by atoms with E-state index in [9.17, 15) is 9.90 Å². The van der Waals surface area contributed by atoms with Gasteiger partial charge in [0.2, 0.25) is 0 Å². The van der Waals surface area contributed by atoms with Crippen molar-refractivity contribution in [1.82, 2.24) is 4.98 Å². The fraction of sp³-hybridized carbons (Fsp3) is 0.250. The third-order valence-electron chi connectivity index (χ3n) is 3.17. The molecule has 0 bridgehead atoms. The highest BCUT2D eigenvalue weighted by Gasteiger charge is 2.14.